The quantitative estimate of drug-likeness (QED) is 0.423. The van der Waals surface area contributed by atoms with E-state index in [0.717, 1.165) is 5.69 Å². The summed E-state index contributed by atoms with van der Waals surface area (Å²) in [5.74, 6) is 5.45. The first kappa shape index (κ1) is 11.2. The number of furan rings is 1. The van der Waals surface area contributed by atoms with Crippen LogP contribution in [0.1, 0.15) is 16.3 Å². The van der Waals surface area contributed by atoms with Crippen molar-refractivity contribution in [3.05, 3.63) is 54.0 Å². The summed E-state index contributed by atoms with van der Waals surface area (Å²) in [5, 5.41) is 3.17. The van der Waals surface area contributed by atoms with E-state index in [-0.39, 0.29) is 5.76 Å². The Morgan fingerprint density at radius 3 is 2.65 bits per heavy atom. The molecule has 1 heterocycles. The summed E-state index contributed by atoms with van der Waals surface area (Å²) < 4.78 is 5.30. The van der Waals surface area contributed by atoms with Gasteiger partial charge in [0.1, 0.15) is 5.76 Å². The van der Waals surface area contributed by atoms with Crippen LogP contribution in [0.4, 0.5) is 5.69 Å². The molecule has 0 radical (unpaired) electrons. The van der Waals surface area contributed by atoms with Crippen molar-refractivity contribution in [1.29, 1.82) is 0 Å². The summed E-state index contributed by atoms with van der Waals surface area (Å²) in [6.45, 7) is 0.516. The Kier molecular flexibility index (Phi) is 3.42. The molecule has 0 bridgehead atoms. The van der Waals surface area contributed by atoms with Crippen LogP contribution in [0.5, 0.6) is 0 Å². The van der Waals surface area contributed by atoms with Crippen LogP contribution in [-0.4, -0.2) is 5.91 Å². The van der Waals surface area contributed by atoms with Crippen LogP contribution in [0, 0.1) is 0 Å². The second-order valence-electron chi connectivity index (χ2n) is 3.46. The standard InChI is InChI=1S/C12H13N3O2/c13-15-12(16)11-7-6-10(17-11)8-14-9-4-2-1-3-5-9/h1-7,14H,8,13H2,(H,15,16). The number of carbonyl (C=O) groups excluding carboxylic acids is 1. The SMILES string of the molecule is NNC(=O)c1ccc(CNc2ccccc2)o1. The normalized spacial score (nSPS) is 9.94. The first-order valence-corrected chi connectivity index (χ1v) is 5.18. The Morgan fingerprint density at radius 2 is 1.94 bits per heavy atom. The van der Waals surface area contributed by atoms with Crippen molar-refractivity contribution in [2.24, 2.45) is 5.84 Å². The number of hydrogen-bond acceptors (Lipinski definition) is 4. The molecule has 1 aromatic carbocycles. The number of amides is 1. The van der Waals surface area contributed by atoms with Gasteiger partial charge >= 0.3 is 5.91 Å². The Labute approximate surface area is 98.6 Å². The van der Waals surface area contributed by atoms with Crippen molar-refractivity contribution in [3.8, 4) is 0 Å². The summed E-state index contributed by atoms with van der Waals surface area (Å²) in [5.41, 5.74) is 3.01. The first-order valence-electron chi connectivity index (χ1n) is 5.18. The molecule has 0 saturated carbocycles. The summed E-state index contributed by atoms with van der Waals surface area (Å²) in [7, 11) is 0. The molecule has 17 heavy (non-hydrogen) atoms. The molecule has 1 amide bonds. The van der Waals surface area contributed by atoms with E-state index in [1.54, 1.807) is 12.1 Å². The molecule has 5 heteroatoms. The van der Waals surface area contributed by atoms with Crippen molar-refractivity contribution in [1.82, 2.24) is 5.43 Å². The number of hydrogen-bond donors (Lipinski definition) is 3. The van der Waals surface area contributed by atoms with Crippen LogP contribution in [0.3, 0.4) is 0 Å². The van der Waals surface area contributed by atoms with Crippen molar-refractivity contribution < 1.29 is 9.21 Å². The molecule has 0 aliphatic heterocycles. The van der Waals surface area contributed by atoms with Gasteiger partial charge in [-0.1, -0.05) is 18.2 Å². The van der Waals surface area contributed by atoms with Crippen molar-refractivity contribution in [2.45, 2.75) is 6.54 Å². The van der Waals surface area contributed by atoms with Gasteiger partial charge < -0.3 is 9.73 Å². The van der Waals surface area contributed by atoms with Crippen LogP contribution in [0.15, 0.2) is 46.9 Å². The van der Waals surface area contributed by atoms with E-state index in [2.05, 4.69) is 5.32 Å². The molecule has 2 aromatic rings. The maximum absolute atomic E-state index is 11.2. The molecular weight excluding hydrogens is 218 g/mol. The highest BCUT2D eigenvalue weighted by Gasteiger charge is 2.08. The van der Waals surface area contributed by atoms with Gasteiger partial charge in [0.2, 0.25) is 0 Å². The second-order valence-corrected chi connectivity index (χ2v) is 3.46. The van der Waals surface area contributed by atoms with Crippen molar-refractivity contribution in [2.75, 3.05) is 5.32 Å². The lowest BCUT2D eigenvalue weighted by atomic mass is 10.3. The third-order valence-electron chi connectivity index (χ3n) is 2.26. The molecule has 88 valence electrons. The Balaban J connectivity index is 1.96. The zero-order chi connectivity index (χ0) is 12.1. The fourth-order valence-electron chi connectivity index (χ4n) is 1.41. The fraction of sp³-hybridized carbons (Fsp3) is 0.0833. The summed E-state index contributed by atoms with van der Waals surface area (Å²) in [6, 6.07) is 13.1. The van der Waals surface area contributed by atoms with Gasteiger partial charge in [-0.05, 0) is 24.3 Å². The minimum absolute atomic E-state index is 0.206. The number of carbonyl (C=O) groups is 1. The maximum Gasteiger partial charge on any atom is 0.300 e. The molecular formula is C12H13N3O2. The number of para-hydroxylation sites is 1. The fourth-order valence-corrected chi connectivity index (χ4v) is 1.41. The smallest absolute Gasteiger partial charge is 0.300 e. The van der Waals surface area contributed by atoms with Gasteiger partial charge in [0.15, 0.2) is 5.76 Å². The lowest BCUT2D eigenvalue weighted by Crippen LogP contribution is -2.29. The minimum atomic E-state index is -0.434. The third-order valence-corrected chi connectivity index (χ3v) is 2.26. The molecule has 0 atom stereocenters. The number of nitrogens with one attached hydrogen (secondary N) is 2. The Hall–Kier alpha value is -2.27. The zero-order valence-electron chi connectivity index (χ0n) is 9.14. The summed E-state index contributed by atoms with van der Waals surface area (Å²) in [6.07, 6.45) is 0. The number of hydrazine groups is 1. The second kappa shape index (κ2) is 5.18. The van der Waals surface area contributed by atoms with Gasteiger partial charge in [-0.15, -0.1) is 0 Å². The average Bonchev–Trinajstić information content (AvgIpc) is 2.85. The molecule has 0 spiro atoms. The Bertz CT molecular complexity index is 493. The number of rotatable bonds is 4. The lowest BCUT2D eigenvalue weighted by Gasteiger charge is -2.03. The van der Waals surface area contributed by atoms with Gasteiger partial charge in [0.05, 0.1) is 6.54 Å². The number of anilines is 1. The lowest BCUT2D eigenvalue weighted by molar-refractivity contribution is 0.0924. The molecule has 2 rings (SSSR count). The van der Waals surface area contributed by atoms with E-state index in [0.29, 0.717) is 12.3 Å². The van der Waals surface area contributed by atoms with Gasteiger partial charge in [0.25, 0.3) is 0 Å². The van der Waals surface area contributed by atoms with E-state index in [1.165, 1.54) is 0 Å². The average molecular weight is 231 g/mol. The van der Waals surface area contributed by atoms with Crippen LogP contribution in [0.25, 0.3) is 0 Å². The van der Waals surface area contributed by atoms with Crippen LogP contribution >= 0.6 is 0 Å². The highest BCUT2D eigenvalue weighted by atomic mass is 16.4. The first-order chi connectivity index (χ1) is 8.29. The van der Waals surface area contributed by atoms with Crippen LogP contribution < -0.4 is 16.6 Å². The number of benzene rings is 1. The van der Waals surface area contributed by atoms with Crippen molar-refractivity contribution >= 4 is 11.6 Å². The van der Waals surface area contributed by atoms with E-state index < -0.39 is 5.91 Å². The topological polar surface area (TPSA) is 80.3 Å². The largest absolute Gasteiger partial charge is 0.454 e. The Morgan fingerprint density at radius 1 is 1.18 bits per heavy atom. The van der Waals surface area contributed by atoms with Crippen molar-refractivity contribution in [3.63, 3.8) is 0 Å². The van der Waals surface area contributed by atoms with E-state index >= 15 is 0 Å². The van der Waals surface area contributed by atoms with E-state index in [4.69, 9.17) is 10.3 Å². The van der Waals surface area contributed by atoms with E-state index in [9.17, 15) is 4.79 Å². The maximum atomic E-state index is 11.2. The molecule has 0 aliphatic rings. The van der Waals surface area contributed by atoms with Gasteiger partial charge in [0, 0.05) is 5.69 Å². The molecule has 0 unspecified atom stereocenters. The molecule has 0 saturated heterocycles. The zero-order valence-corrected chi connectivity index (χ0v) is 9.14. The minimum Gasteiger partial charge on any atom is -0.454 e. The molecule has 5 nitrogen and oxygen atoms in total. The number of nitrogens with two attached hydrogens (primary N) is 1. The summed E-state index contributed by atoms with van der Waals surface area (Å²) >= 11 is 0. The van der Waals surface area contributed by atoms with Crippen LogP contribution in [0.2, 0.25) is 0 Å². The predicted octanol–water partition coefficient (Wildman–Crippen LogP) is 1.50. The number of nitrogen functional groups attached to an aromatic ring is 1. The van der Waals surface area contributed by atoms with Gasteiger partial charge in [-0.2, -0.15) is 0 Å². The highest BCUT2D eigenvalue weighted by Crippen LogP contribution is 2.11. The molecule has 4 N–H and O–H groups in total. The highest BCUT2D eigenvalue weighted by molar-refractivity contribution is 5.90. The predicted molar refractivity (Wildman–Crippen MR) is 64.1 cm³/mol. The van der Waals surface area contributed by atoms with E-state index in [1.807, 2.05) is 35.8 Å². The van der Waals surface area contributed by atoms with Gasteiger partial charge in [-0.25, -0.2) is 5.84 Å². The third kappa shape index (κ3) is 2.85. The monoisotopic (exact) mass is 231 g/mol. The molecule has 0 aliphatic carbocycles. The molecule has 1 aromatic heterocycles. The summed E-state index contributed by atoms with van der Waals surface area (Å²) in [4.78, 5) is 11.2. The molecule has 0 fully saturated rings. The van der Waals surface area contributed by atoms with Crippen LogP contribution in [-0.2, 0) is 6.54 Å². The van der Waals surface area contributed by atoms with Gasteiger partial charge in [-0.3, -0.25) is 10.2 Å².